The van der Waals surface area contributed by atoms with Gasteiger partial charge in [-0.1, -0.05) is 75.4 Å². The second kappa shape index (κ2) is 14.1. The van der Waals surface area contributed by atoms with Crippen LogP contribution in [0.2, 0.25) is 0 Å². The molecule has 2 rings (SSSR count). The molecule has 5 amide bonds. The Morgan fingerprint density at radius 3 is 1.95 bits per heavy atom. The first-order valence-electron chi connectivity index (χ1n) is 12.7. The van der Waals surface area contributed by atoms with Gasteiger partial charge in [0.15, 0.2) is 0 Å². The van der Waals surface area contributed by atoms with Gasteiger partial charge in [-0.2, -0.15) is 0 Å². The average molecular weight is 525 g/mol. The molecular formula is C28H40N6O4. The standard InChI is InChI=1S/C28H40N6O4/c1-28(2,3)17-23(34-25(36)21(29)10-7-15-32-27(31)38)26(37)33-22(24(30)35)16-18-11-13-20(14-12-18)19-8-5-4-6-9-19/h4-6,8-9,11-14,21-23H,7,10,15-17,29H2,1-3H3,(H2,30,35)(H,33,37)(H,34,36)(H3,31,32,38)/t21-,22-,23-/m0/s1. The first-order valence-corrected chi connectivity index (χ1v) is 12.7. The molecule has 0 radical (unpaired) electrons. The van der Waals surface area contributed by atoms with Crippen LogP contribution in [0.25, 0.3) is 11.1 Å². The molecule has 0 saturated heterocycles. The van der Waals surface area contributed by atoms with E-state index in [4.69, 9.17) is 17.2 Å². The molecule has 0 unspecified atom stereocenters. The van der Waals surface area contributed by atoms with Crippen LogP contribution in [0.1, 0.15) is 45.6 Å². The zero-order valence-corrected chi connectivity index (χ0v) is 22.3. The predicted molar refractivity (Wildman–Crippen MR) is 148 cm³/mol. The molecule has 2 aromatic rings. The van der Waals surface area contributed by atoms with Crippen LogP contribution in [0.3, 0.4) is 0 Å². The highest BCUT2D eigenvalue weighted by Gasteiger charge is 2.30. The number of nitrogens with two attached hydrogens (primary N) is 3. The summed E-state index contributed by atoms with van der Waals surface area (Å²) < 4.78 is 0. The Labute approximate surface area is 224 Å². The maximum absolute atomic E-state index is 13.2. The van der Waals surface area contributed by atoms with Crippen molar-refractivity contribution in [3.05, 3.63) is 60.2 Å². The third-order valence-electron chi connectivity index (χ3n) is 5.94. The van der Waals surface area contributed by atoms with Gasteiger partial charge in [0.25, 0.3) is 0 Å². The van der Waals surface area contributed by atoms with E-state index in [9.17, 15) is 19.2 Å². The Kier molecular flexibility index (Phi) is 11.3. The van der Waals surface area contributed by atoms with E-state index in [-0.39, 0.29) is 18.4 Å². The largest absolute Gasteiger partial charge is 0.368 e. The van der Waals surface area contributed by atoms with Crippen molar-refractivity contribution in [1.82, 2.24) is 16.0 Å². The summed E-state index contributed by atoms with van der Waals surface area (Å²) in [4.78, 5) is 48.9. The summed E-state index contributed by atoms with van der Waals surface area (Å²) in [5.41, 5.74) is 19.3. The molecule has 0 aliphatic rings. The van der Waals surface area contributed by atoms with Gasteiger partial charge >= 0.3 is 6.03 Å². The van der Waals surface area contributed by atoms with Crippen LogP contribution in [0, 0.1) is 5.41 Å². The highest BCUT2D eigenvalue weighted by atomic mass is 16.2. The number of hydrogen-bond acceptors (Lipinski definition) is 5. The van der Waals surface area contributed by atoms with Crippen LogP contribution in [0.4, 0.5) is 4.79 Å². The maximum Gasteiger partial charge on any atom is 0.312 e. The van der Waals surface area contributed by atoms with Gasteiger partial charge in [-0.25, -0.2) is 4.79 Å². The number of carbonyl (C=O) groups excluding carboxylic acids is 4. The molecule has 0 bridgehead atoms. The lowest BCUT2D eigenvalue weighted by molar-refractivity contribution is -0.132. The van der Waals surface area contributed by atoms with Crippen LogP contribution < -0.4 is 33.2 Å². The smallest absolute Gasteiger partial charge is 0.312 e. The third kappa shape index (κ3) is 10.6. The normalized spacial score (nSPS) is 13.6. The number of hydrogen-bond donors (Lipinski definition) is 6. The molecule has 206 valence electrons. The quantitative estimate of drug-likeness (QED) is 0.217. The van der Waals surface area contributed by atoms with Crippen LogP contribution >= 0.6 is 0 Å². The van der Waals surface area contributed by atoms with Crippen LogP contribution in [-0.2, 0) is 20.8 Å². The zero-order valence-electron chi connectivity index (χ0n) is 22.3. The fourth-order valence-electron chi connectivity index (χ4n) is 3.96. The fraction of sp³-hybridized carbons (Fsp3) is 0.429. The topological polar surface area (TPSA) is 182 Å². The monoisotopic (exact) mass is 524 g/mol. The molecule has 0 heterocycles. The Morgan fingerprint density at radius 1 is 0.816 bits per heavy atom. The number of amides is 5. The van der Waals surface area contributed by atoms with Crippen LogP contribution in [0.5, 0.6) is 0 Å². The van der Waals surface area contributed by atoms with E-state index in [0.29, 0.717) is 19.3 Å². The lowest BCUT2D eigenvalue weighted by Gasteiger charge is -2.28. The molecule has 0 aliphatic heterocycles. The summed E-state index contributed by atoms with van der Waals surface area (Å²) in [5, 5.41) is 7.87. The Morgan fingerprint density at radius 2 is 1.39 bits per heavy atom. The Hall–Kier alpha value is -3.92. The van der Waals surface area contributed by atoms with Gasteiger partial charge < -0.3 is 33.2 Å². The molecule has 0 aliphatic carbocycles. The number of nitrogens with one attached hydrogen (secondary N) is 3. The van der Waals surface area contributed by atoms with Crippen molar-refractivity contribution in [2.45, 2.75) is 64.6 Å². The summed E-state index contributed by atoms with van der Waals surface area (Å²) in [6.07, 6.45) is 1.26. The highest BCUT2D eigenvalue weighted by molar-refractivity contribution is 5.92. The lowest BCUT2D eigenvalue weighted by atomic mass is 9.87. The summed E-state index contributed by atoms with van der Waals surface area (Å²) in [6.45, 7) is 6.10. The van der Waals surface area contributed by atoms with Gasteiger partial charge in [0.1, 0.15) is 12.1 Å². The van der Waals surface area contributed by atoms with E-state index >= 15 is 0 Å². The van der Waals surface area contributed by atoms with Crippen molar-refractivity contribution in [2.75, 3.05) is 6.54 Å². The highest BCUT2D eigenvalue weighted by Crippen LogP contribution is 2.22. The Bertz CT molecular complexity index is 1080. The second-order valence-electron chi connectivity index (χ2n) is 10.6. The molecule has 0 aromatic heterocycles. The van der Waals surface area contributed by atoms with Crippen molar-refractivity contribution in [2.24, 2.45) is 22.6 Å². The first kappa shape index (κ1) is 30.3. The number of primary amides is 2. The van der Waals surface area contributed by atoms with E-state index < -0.39 is 41.9 Å². The average Bonchev–Trinajstić information content (AvgIpc) is 2.85. The van der Waals surface area contributed by atoms with Gasteiger partial charge in [-0.05, 0) is 41.4 Å². The fourth-order valence-corrected chi connectivity index (χ4v) is 3.96. The molecule has 10 nitrogen and oxygen atoms in total. The summed E-state index contributed by atoms with van der Waals surface area (Å²) in [5.74, 6) is -1.69. The molecule has 0 saturated carbocycles. The van der Waals surface area contributed by atoms with Gasteiger partial charge in [-0.15, -0.1) is 0 Å². The zero-order chi connectivity index (χ0) is 28.3. The molecule has 3 atom stereocenters. The van der Waals surface area contributed by atoms with Gasteiger partial charge in [-0.3, -0.25) is 14.4 Å². The maximum atomic E-state index is 13.2. The molecule has 0 fully saturated rings. The Balaban J connectivity index is 2.05. The van der Waals surface area contributed by atoms with Gasteiger partial charge in [0, 0.05) is 13.0 Å². The minimum atomic E-state index is -0.960. The first-order chi connectivity index (χ1) is 17.9. The van der Waals surface area contributed by atoms with Crippen molar-refractivity contribution < 1.29 is 19.2 Å². The SMILES string of the molecule is CC(C)(C)C[C@H](NC(=O)[C@@H](N)CCCNC(N)=O)C(=O)N[C@@H](Cc1ccc(-c2ccccc2)cc1)C(N)=O. The second-order valence-corrected chi connectivity index (χ2v) is 10.6. The number of benzene rings is 2. The van der Waals surface area contributed by atoms with Crippen LogP contribution in [-0.4, -0.2) is 48.4 Å². The van der Waals surface area contributed by atoms with E-state index in [1.807, 2.05) is 75.4 Å². The minimum Gasteiger partial charge on any atom is -0.368 e. The van der Waals surface area contributed by atoms with E-state index in [2.05, 4.69) is 16.0 Å². The third-order valence-corrected chi connectivity index (χ3v) is 5.94. The molecule has 2 aromatic carbocycles. The molecule has 38 heavy (non-hydrogen) atoms. The van der Waals surface area contributed by atoms with Crippen molar-refractivity contribution >= 4 is 23.8 Å². The molecule has 10 heteroatoms. The lowest BCUT2D eigenvalue weighted by Crippen LogP contribution is -2.56. The van der Waals surface area contributed by atoms with E-state index in [1.165, 1.54) is 0 Å². The van der Waals surface area contributed by atoms with Crippen molar-refractivity contribution in [3.8, 4) is 11.1 Å². The predicted octanol–water partition coefficient (Wildman–Crippen LogP) is 1.56. The summed E-state index contributed by atoms with van der Waals surface area (Å²) in [6, 6.07) is 14.2. The number of carbonyl (C=O) groups is 4. The van der Waals surface area contributed by atoms with Crippen LogP contribution in [0.15, 0.2) is 54.6 Å². The summed E-state index contributed by atoms with van der Waals surface area (Å²) in [7, 11) is 0. The van der Waals surface area contributed by atoms with Gasteiger partial charge in [0.05, 0.1) is 6.04 Å². The molecule has 9 N–H and O–H groups in total. The minimum absolute atomic E-state index is 0.207. The van der Waals surface area contributed by atoms with Crippen molar-refractivity contribution in [1.29, 1.82) is 0 Å². The summed E-state index contributed by atoms with van der Waals surface area (Å²) >= 11 is 0. The molecule has 0 spiro atoms. The van der Waals surface area contributed by atoms with Crippen molar-refractivity contribution in [3.63, 3.8) is 0 Å². The molecular weight excluding hydrogens is 484 g/mol. The number of rotatable bonds is 13. The number of urea groups is 1. The van der Waals surface area contributed by atoms with E-state index in [0.717, 1.165) is 16.7 Å². The van der Waals surface area contributed by atoms with E-state index in [1.54, 1.807) is 0 Å². The van der Waals surface area contributed by atoms with Gasteiger partial charge in [0.2, 0.25) is 17.7 Å².